The minimum atomic E-state index is -0.737. The third-order valence-corrected chi connectivity index (χ3v) is 5.35. The Labute approximate surface area is 155 Å². The van der Waals surface area contributed by atoms with Crippen molar-refractivity contribution < 1.29 is 19.1 Å². The van der Waals surface area contributed by atoms with Crippen LogP contribution in [0.2, 0.25) is 0 Å². The molecule has 1 aliphatic rings. The van der Waals surface area contributed by atoms with Crippen molar-refractivity contribution in [3.05, 3.63) is 34.9 Å². The first-order valence-electron chi connectivity index (χ1n) is 8.36. The van der Waals surface area contributed by atoms with Gasteiger partial charge >= 0.3 is 6.03 Å². The number of ether oxygens (including phenoxy) is 2. The second kappa shape index (κ2) is 7.35. The van der Waals surface area contributed by atoms with Gasteiger partial charge in [0.05, 0.1) is 18.3 Å². The summed E-state index contributed by atoms with van der Waals surface area (Å²) in [5.41, 5.74) is 13.8. The van der Waals surface area contributed by atoms with Gasteiger partial charge in [0.1, 0.15) is 10.8 Å². The Morgan fingerprint density at radius 1 is 1.27 bits per heavy atom. The maximum Gasteiger partial charge on any atom is 0.317 e. The molecule has 0 spiro atoms. The smallest absolute Gasteiger partial charge is 0.317 e. The average molecular weight is 375 g/mol. The van der Waals surface area contributed by atoms with Gasteiger partial charge in [0, 0.05) is 17.9 Å². The van der Waals surface area contributed by atoms with Gasteiger partial charge in [0.25, 0.3) is 5.91 Å². The molecule has 1 aromatic carbocycles. The number of carbonyl (C=O) groups is 2. The number of nitrogens with two attached hydrogens (primary N) is 2. The summed E-state index contributed by atoms with van der Waals surface area (Å²) in [5.74, 6) is 0.164. The molecule has 1 heterocycles. The van der Waals surface area contributed by atoms with Crippen molar-refractivity contribution in [3.8, 4) is 16.2 Å². The van der Waals surface area contributed by atoms with E-state index in [9.17, 15) is 9.59 Å². The summed E-state index contributed by atoms with van der Waals surface area (Å²) in [7, 11) is 0. The predicted molar refractivity (Wildman–Crippen MR) is 101 cm³/mol. The molecule has 0 saturated carbocycles. The molecule has 7 nitrogen and oxygen atoms in total. The highest BCUT2D eigenvalue weighted by Gasteiger charge is 2.33. The summed E-state index contributed by atoms with van der Waals surface area (Å²) in [6.45, 7) is 4.95. The number of rotatable bonds is 6. The van der Waals surface area contributed by atoms with Gasteiger partial charge in [-0.15, -0.1) is 11.3 Å². The molecule has 0 fully saturated rings. The van der Waals surface area contributed by atoms with Crippen LogP contribution in [-0.4, -0.2) is 25.2 Å². The van der Waals surface area contributed by atoms with E-state index in [0.717, 1.165) is 27.3 Å². The number of nitrogens with one attached hydrogen (secondary N) is 1. The van der Waals surface area contributed by atoms with Gasteiger partial charge in [-0.2, -0.15) is 0 Å². The van der Waals surface area contributed by atoms with E-state index in [0.29, 0.717) is 30.2 Å². The van der Waals surface area contributed by atoms with E-state index in [4.69, 9.17) is 20.9 Å². The molecule has 1 aliphatic carbocycles. The fraction of sp³-hybridized carbons (Fsp3) is 0.333. The van der Waals surface area contributed by atoms with Crippen LogP contribution in [0.4, 0.5) is 9.80 Å². The van der Waals surface area contributed by atoms with Crippen LogP contribution in [0, 0.1) is 0 Å². The molecule has 1 atom stereocenters. The van der Waals surface area contributed by atoms with Crippen LogP contribution >= 0.6 is 11.3 Å². The maximum atomic E-state index is 12.0. The predicted octanol–water partition coefficient (Wildman–Crippen LogP) is 3.04. The minimum absolute atomic E-state index is 0.225. The molecule has 3 rings (SSSR count). The summed E-state index contributed by atoms with van der Waals surface area (Å²) in [5, 5.41) is 2.88. The lowest BCUT2D eigenvalue weighted by Gasteiger charge is -2.26. The molecule has 5 N–H and O–H groups in total. The molecule has 138 valence electrons. The molecule has 0 radical (unpaired) electrons. The average Bonchev–Trinajstić information content (AvgIpc) is 2.92. The fourth-order valence-corrected chi connectivity index (χ4v) is 4.54. The minimum Gasteiger partial charge on any atom is -0.494 e. The third kappa shape index (κ3) is 3.25. The van der Waals surface area contributed by atoms with Crippen molar-refractivity contribution in [2.45, 2.75) is 26.4 Å². The molecule has 26 heavy (non-hydrogen) atoms. The van der Waals surface area contributed by atoms with Crippen LogP contribution in [0.15, 0.2) is 18.2 Å². The van der Waals surface area contributed by atoms with Crippen LogP contribution in [0.25, 0.3) is 10.4 Å². The SMILES string of the molecule is CCOc1ccc2c(c1)C(OCC)Cc1c-2sc(NC(N)=O)c1C(N)=O. The first-order chi connectivity index (χ1) is 12.5. The lowest BCUT2D eigenvalue weighted by Crippen LogP contribution is -2.23. The Morgan fingerprint density at radius 3 is 2.65 bits per heavy atom. The molecular formula is C18H21N3O4S. The molecule has 1 aromatic heterocycles. The van der Waals surface area contributed by atoms with E-state index < -0.39 is 11.9 Å². The molecule has 0 aliphatic heterocycles. The van der Waals surface area contributed by atoms with Crippen molar-refractivity contribution in [1.29, 1.82) is 0 Å². The van der Waals surface area contributed by atoms with E-state index in [1.54, 1.807) is 0 Å². The molecule has 2 aromatic rings. The van der Waals surface area contributed by atoms with Crippen LogP contribution < -0.4 is 21.5 Å². The number of amides is 3. The molecule has 0 saturated heterocycles. The zero-order chi connectivity index (χ0) is 18.8. The molecule has 3 amide bonds. The number of carbonyl (C=O) groups excluding carboxylic acids is 2. The van der Waals surface area contributed by atoms with Crippen molar-refractivity contribution >= 4 is 28.3 Å². The standard InChI is InChI=1S/C18H21N3O4S/c1-3-24-9-5-6-10-11(7-9)13(25-4-2)8-12-14(16(19)22)17(21-18(20)23)26-15(10)12/h5-7,13H,3-4,8H2,1-2H3,(H2,19,22)(H3,20,21,23). The summed E-state index contributed by atoms with van der Waals surface area (Å²) < 4.78 is 11.5. The van der Waals surface area contributed by atoms with Gasteiger partial charge in [0.15, 0.2) is 0 Å². The van der Waals surface area contributed by atoms with E-state index in [1.165, 1.54) is 11.3 Å². The van der Waals surface area contributed by atoms with Gasteiger partial charge in [0.2, 0.25) is 0 Å². The van der Waals surface area contributed by atoms with Crippen molar-refractivity contribution in [2.75, 3.05) is 18.5 Å². The van der Waals surface area contributed by atoms with Gasteiger partial charge in [-0.25, -0.2) is 4.79 Å². The van der Waals surface area contributed by atoms with Gasteiger partial charge in [-0.3, -0.25) is 10.1 Å². The van der Waals surface area contributed by atoms with Crippen LogP contribution in [0.3, 0.4) is 0 Å². The van der Waals surface area contributed by atoms with E-state index in [2.05, 4.69) is 5.32 Å². The number of anilines is 1. The second-order valence-corrected chi connectivity index (χ2v) is 6.82. The topological polar surface area (TPSA) is 117 Å². The van der Waals surface area contributed by atoms with Gasteiger partial charge in [-0.05, 0) is 48.7 Å². The Kier molecular flexibility index (Phi) is 5.15. The van der Waals surface area contributed by atoms with Crippen molar-refractivity contribution in [3.63, 3.8) is 0 Å². The second-order valence-electron chi connectivity index (χ2n) is 5.80. The summed E-state index contributed by atoms with van der Waals surface area (Å²) in [6.07, 6.45) is 0.262. The lowest BCUT2D eigenvalue weighted by molar-refractivity contribution is 0.0618. The Morgan fingerprint density at radius 2 is 2.04 bits per heavy atom. The largest absolute Gasteiger partial charge is 0.494 e. The van der Waals surface area contributed by atoms with E-state index in [-0.39, 0.29) is 6.10 Å². The maximum absolute atomic E-state index is 12.0. The first kappa shape index (κ1) is 18.2. The quantitative estimate of drug-likeness (QED) is 0.719. The number of urea groups is 1. The monoisotopic (exact) mass is 375 g/mol. The molecular weight excluding hydrogens is 354 g/mol. The zero-order valence-corrected chi connectivity index (χ0v) is 15.4. The number of thiophene rings is 1. The Balaban J connectivity index is 2.18. The molecule has 1 unspecified atom stereocenters. The van der Waals surface area contributed by atoms with Crippen LogP contribution in [0.1, 0.15) is 41.4 Å². The number of benzene rings is 1. The Bertz CT molecular complexity index is 862. The normalized spacial score (nSPS) is 15.1. The highest BCUT2D eigenvalue weighted by Crippen LogP contribution is 2.49. The molecule has 8 heteroatoms. The molecule has 0 bridgehead atoms. The van der Waals surface area contributed by atoms with Gasteiger partial charge < -0.3 is 20.9 Å². The number of hydrogen-bond donors (Lipinski definition) is 3. The highest BCUT2D eigenvalue weighted by molar-refractivity contribution is 7.20. The highest BCUT2D eigenvalue weighted by atomic mass is 32.1. The van der Waals surface area contributed by atoms with E-state index in [1.807, 2.05) is 32.0 Å². The van der Waals surface area contributed by atoms with Gasteiger partial charge in [-0.1, -0.05) is 0 Å². The lowest BCUT2D eigenvalue weighted by atomic mass is 9.86. The van der Waals surface area contributed by atoms with Crippen molar-refractivity contribution in [2.24, 2.45) is 11.5 Å². The summed E-state index contributed by atoms with van der Waals surface area (Å²) in [4.78, 5) is 24.2. The summed E-state index contributed by atoms with van der Waals surface area (Å²) >= 11 is 1.29. The van der Waals surface area contributed by atoms with Crippen LogP contribution in [-0.2, 0) is 11.2 Å². The zero-order valence-electron chi connectivity index (χ0n) is 14.6. The third-order valence-electron chi connectivity index (χ3n) is 4.17. The summed E-state index contributed by atoms with van der Waals surface area (Å²) in [6, 6.07) is 5.05. The van der Waals surface area contributed by atoms with Crippen LogP contribution in [0.5, 0.6) is 5.75 Å². The first-order valence-corrected chi connectivity index (χ1v) is 9.18. The number of hydrogen-bond acceptors (Lipinski definition) is 5. The Hall–Kier alpha value is -2.58. The number of primary amides is 2. The number of fused-ring (bicyclic) bond motifs is 3. The van der Waals surface area contributed by atoms with Crippen molar-refractivity contribution in [1.82, 2.24) is 0 Å². The fourth-order valence-electron chi connectivity index (χ4n) is 3.25. The van der Waals surface area contributed by atoms with E-state index >= 15 is 0 Å².